The van der Waals surface area contributed by atoms with Crippen molar-refractivity contribution in [2.24, 2.45) is 0 Å². The van der Waals surface area contributed by atoms with Gasteiger partial charge < -0.3 is 15.6 Å². The minimum Gasteiger partial charge on any atom is -0.368 e. The van der Waals surface area contributed by atoms with Gasteiger partial charge in [0, 0.05) is 36.2 Å². The predicted octanol–water partition coefficient (Wildman–Crippen LogP) is 3.53. The summed E-state index contributed by atoms with van der Waals surface area (Å²) in [6.07, 6.45) is 2.08. The minimum atomic E-state index is -2.42. The van der Waals surface area contributed by atoms with Crippen LogP contribution in [0.25, 0.3) is 10.9 Å². The molecule has 6 nitrogen and oxygen atoms in total. The summed E-state index contributed by atoms with van der Waals surface area (Å²) in [4.78, 5) is 14.2. The summed E-state index contributed by atoms with van der Waals surface area (Å²) in [6.45, 7) is 1.86. The molecule has 0 bridgehead atoms. The van der Waals surface area contributed by atoms with Crippen LogP contribution in [0.15, 0.2) is 36.7 Å². The van der Waals surface area contributed by atoms with Crippen molar-refractivity contribution in [1.29, 1.82) is 0 Å². The number of aromatic nitrogens is 3. The molecule has 1 aliphatic rings. The molecule has 0 fully saturated rings. The van der Waals surface area contributed by atoms with Crippen LogP contribution < -0.4 is 10.6 Å². The zero-order chi connectivity index (χ0) is 21.6. The van der Waals surface area contributed by atoms with E-state index in [2.05, 4.69) is 31.7 Å². The third kappa shape index (κ3) is 4.99. The molecule has 0 saturated carbocycles. The highest BCUT2D eigenvalue weighted by molar-refractivity contribution is 5.85. The molecule has 0 spiro atoms. The molecule has 1 aliphatic heterocycles. The molecule has 2 aromatic heterocycles. The molecule has 0 amide bonds. The highest BCUT2D eigenvalue weighted by Gasteiger charge is 2.34. The maximum Gasteiger partial charge on any atom is 0.251 e. The first kappa shape index (κ1) is 21.6. The maximum absolute atomic E-state index is 13.3. The number of benzene rings is 1. The van der Waals surface area contributed by atoms with E-state index in [9.17, 15) is 13.2 Å². The van der Waals surface area contributed by atoms with Crippen LogP contribution in [0, 0.1) is 0 Å². The minimum absolute atomic E-state index is 0.314. The summed E-state index contributed by atoms with van der Waals surface area (Å²) in [7, 11) is 0. The number of aromatic amines is 1. The van der Waals surface area contributed by atoms with Crippen molar-refractivity contribution in [3.05, 3.63) is 53.6 Å². The number of hydrogen-bond donors (Lipinski definition) is 3. The van der Waals surface area contributed by atoms with Crippen LogP contribution in [0.5, 0.6) is 0 Å². The van der Waals surface area contributed by atoms with Crippen LogP contribution >= 0.6 is 0 Å². The second kappa shape index (κ2) is 10.1. The highest BCUT2D eigenvalue weighted by atomic mass is 19.3. The van der Waals surface area contributed by atoms with Crippen LogP contribution in [0.4, 0.5) is 19.0 Å². The normalized spacial score (nSPS) is 16.7. The largest absolute Gasteiger partial charge is 0.368 e. The highest BCUT2D eigenvalue weighted by Crippen LogP contribution is 2.37. The number of fused-ring (bicyclic) bond motifs is 3. The molecule has 9 heteroatoms. The Bertz CT molecular complexity index is 975. The van der Waals surface area contributed by atoms with Crippen LogP contribution in [0.1, 0.15) is 29.4 Å². The number of anilines is 1. The van der Waals surface area contributed by atoms with Crippen LogP contribution in [0.2, 0.25) is 0 Å². The number of H-pyrrole nitrogens is 1. The zero-order valence-corrected chi connectivity index (χ0v) is 17.3. The first-order chi connectivity index (χ1) is 15.2. The number of nitrogens with one attached hydrogen (secondary N) is 3. The van der Waals surface area contributed by atoms with E-state index in [4.69, 9.17) is 0 Å². The van der Waals surface area contributed by atoms with E-state index in [0.29, 0.717) is 50.5 Å². The van der Waals surface area contributed by atoms with E-state index in [0.717, 1.165) is 22.2 Å². The lowest BCUT2D eigenvalue weighted by Crippen LogP contribution is -2.39. The van der Waals surface area contributed by atoms with Gasteiger partial charge in [0.1, 0.15) is 5.82 Å². The second-order valence-corrected chi connectivity index (χ2v) is 7.65. The molecule has 1 aromatic carbocycles. The average Bonchev–Trinajstić information content (AvgIpc) is 3.15. The number of hydrogen-bond acceptors (Lipinski definition) is 5. The molecule has 3 heterocycles. The van der Waals surface area contributed by atoms with Crippen molar-refractivity contribution in [3.63, 3.8) is 0 Å². The van der Waals surface area contributed by atoms with Crippen LogP contribution in [-0.2, 0) is 6.42 Å². The smallest absolute Gasteiger partial charge is 0.251 e. The third-order valence-corrected chi connectivity index (χ3v) is 5.55. The van der Waals surface area contributed by atoms with Crippen molar-refractivity contribution in [3.8, 4) is 0 Å². The van der Waals surface area contributed by atoms with E-state index in [1.54, 1.807) is 17.3 Å². The molecule has 0 saturated heterocycles. The van der Waals surface area contributed by atoms with Gasteiger partial charge in [-0.05, 0) is 31.0 Å². The maximum atomic E-state index is 13.3. The van der Waals surface area contributed by atoms with E-state index >= 15 is 0 Å². The van der Waals surface area contributed by atoms with Gasteiger partial charge in [0.15, 0.2) is 0 Å². The fourth-order valence-corrected chi connectivity index (χ4v) is 4.17. The molecule has 0 radical (unpaired) electrons. The Morgan fingerprint density at radius 1 is 1.13 bits per heavy atom. The van der Waals surface area contributed by atoms with Crippen molar-refractivity contribution in [2.45, 2.75) is 25.3 Å². The number of para-hydroxylation sites is 1. The second-order valence-electron chi connectivity index (χ2n) is 7.65. The van der Waals surface area contributed by atoms with Crippen molar-refractivity contribution in [2.75, 3.05) is 44.7 Å². The van der Waals surface area contributed by atoms with Gasteiger partial charge >= 0.3 is 0 Å². The van der Waals surface area contributed by atoms with Gasteiger partial charge in [-0.3, -0.25) is 14.3 Å². The Hall–Kier alpha value is -2.65. The van der Waals surface area contributed by atoms with Gasteiger partial charge in [0.05, 0.1) is 37.3 Å². The molecule has 3 N–H and O–H groups in total. The number of alkyl halides is 3. The van der Waals surface area contributed by atoms with Crippen molar-refractivity contribution >= 4 is 16.7 Å². The third-order valence-electron chi connectivity index (χ3n) is 5.55. The Morgan fingerprint density at radius 2 is 2.00 bits per heavy atom. The Morgan fingerprint density at radius 3 is 2.77 bits per heavy atom. The predicted molar refractivity (Wildman–Crippen MR) is 115 cm³/mol. The SMILES string of the molecule is FCCCNCCNc1cnc([C@@H]2c3[nH]c4ccccc4c3CCN2CC(F)F)cn1. The number of nitrogens with zero attached hydrogens (tertiary/aromatic N) is 3. The van der Waals surface area contributed by atoms with Gasteiger partial charge in [-0.1, -0.05) is 18.2 Å². The average molecular weight is 432 g/mol. The van der Waals surface area contributed by atoms with Gasteiger partial charge in [0.2, 0.25) is 0 Å². The lowest BCUT2D eigenvalue weighted by Gasteiger charge is -2.35. The van der Waals surface area contributed by atoms with Crippen LogP contribution in [0.3, 0.4) is 0 Å². The van der Waals surface area contributed by atoms with E-state index in [1.165, 1.54) is 0 Å². The summed E-state index contributed by atoms with van der Waals surface area (Å²) in [5, 5.41) is 7.43. The summed E-state index contributed by atoms with van der Waals surface area (Å²) >= 11 is 0. The number of rotatable bonds is 10. The van der Waals surface area contributed by atoms with Crippen molar-refractivity contribution in [1.82, 2.24) is 25.2 Å². The van der Waals surface area contributed by atoms with Crippen molar-refractivity contribution < 1.29 is 13.2 Å². The topological polar surface area (TPSA) is 68.9 Å². The van der Waals surface area contributed by atoms with E-state index < -0.39 is 12.5 Å². The van der Waals surface area contributed by atoms with Gasteiger partial charge in [-0.25, -0.2) is 13.8 Å². The lowest BCUT2D eigenvalue weighted by atomic mass is 9.95. The van der Waals surface area contributed by atoms with E-state index in [1.807, 2.05) is 18.2 Å². The van der Waals surface area contributed by atoms with Gasteiger partial charge in [0.25, 0.3) is 6.43 Å². The van der Waals surface area contributed by atoms with E-state index in [-0.39, 0.29) is 13.2 Å². The van der Waals surface area contributed by atoms with Gasteiger partial charge in [-0.15, -0.1) is 0 Å². The summed E-state index contributed by atoms with van der Waals surface area (Å²) in [6, 6.07) is 7.62. The Kier molecular flexibility index (Phi) is 7.03. The first-order valence-electron chi connectivity index (χ1n) is 10.6. The first-order valence-corrected chi connectivity index (χ1v) is 10.6. The fraction of sp³-hybridized carbons (Fsp3) is 0.455. The molecule has 1 atom stereocenters. The Labute approximate surface area is 179 Å². The summed E-state index contributed by atoms with van der Waals surface area (Å²) < 4.78 is 38.6. The fourth-order valence-electron chi connectivity index (χ4n) is 4.17. The zero-order valence-electron chi connectivity index (χ0n) is 17.3. The van der Waals surface area contributed by atoms with Gasteiger partial charge in [-0.2, -0.15) is 0 Å². The summed E-state index contributed by atoms with van der Waals surface area (Å²) in [5.74, 6) is 0.615. The Balaban J connectivity index is 1.53. The number of halogens is 3. The lowest BCUT2D eigenvalue weighted by molar-refractivity contribution is 0.0687. The molecule has 0 aliphatic carbocycles. The molecular weight excluding hydrogens is 405 g/mol. The quantitative estimate of drug-likeness (QED) is 0.428. The molecule has 4 rings (SSSR count). The molecular formula is C22H27F3N6. The molecule has 31 heavy (non-hydrogen) atoms. The standard InChI is InChI=1S/C22H27F3N6/c23-7-3-8-26-9-10-27-20-13-28-18(12-29-20)22-21-16(6-11-31(22)14-19(24)25)15-4-1-2-5-17(15)30-21/h1-2,4-5,12-13,19,22,26,30H,3,6-11,14H2,(H,27,29)/t22-/m1/s1. The molecule has 0 unspecified atom stereocenters. The summed E-state index contributed by atoms with van der Waals surface area (Å²) in [5.41, 5.74) is 3.72. The van der Waals surface area contributed by atoms with Crippen LogP contribution in [-0.4, -0.2) is 65.7 Å². The monoisotopic (exact) mass is 432 g/mol. The molecule has 166 valence electrons. The molecule has 3 aromatic rings.